The monoisotopic (exact) mass is 326 g/mol. The first-order valence-corrected chi connectivity index (χ1v) is 7.87. The van der Waals surface area contributed by atoms with Crippen molar-refractivity contribution < 1.29 is 4.74 Å². The van der Waals surface area contributed by atoms with E-state index in [-0.39, 0.29) is 0 Å². The second-order valence-electron chi connectivity index (χ2n) is 5.62. The predicted octanol–water partition coefficient (Wildman–Crippen LogP) is 0.538. The van der Waals surface area contributed by atoms with E-state index in [1.165, 1.54) is 0 Å². The number of ether oxygens (including phenoxy) is 1. The van der Waals surface area contributed by atoms with E-state index in [1.54, 1.807) is 12.4 Å². The Morgan fingerprint density at radius 3 is 2.71 bits per heavy atom. The van der Waals surface area contributed by atoms with Gasteiger partial charge in [0.1, 0.15) is 11.7 Å². The summed E-state index contributed by atoms with van der Waals surface area (Å²) in [6, 6.07) is 0. The fourth-order valence-electron chi connectivity index (χ4n) is 2.63. The highest BCUT2D eigenvalue weighted by atomic mass is 16.5. The SMILES string of the molecule is NC1=NC=C(c2nc(NC3=NC=CC3)nc(N3CCOCC3)n2)C1. The van der Waals surface area contributed by atoms with Crippen LogP contribution in [0.2, 0.25) is 0 Å². The Morgan fingerprint density at radius 1 is 1.12 bits per heavy atom. The van der Waals surface area contributed by atoms with Gasteiger partial charge >= 0.3 is 0 Å². The Balaban J connectivity index is 1.64. The molecule has 4 rings (SSSR count). The molecule has 0 spiro atoms. The number of aliphatic imine (C=N–C) groups is 2. The third-order valence-corrected chi connectivity index (χ3v) is 3.87. The van der Waals surface area contributed by atoms with Crippen molar-refractivity contribution in [2.45, 2.75) is 12.8 Å². The summed E-state index contributed by atoms with van der Waals surface area (Å²) in [5.74, 6) is 3.08. The molecular formula is C15H18N8O. The van der Waals surface area contributed by atoms with Gasteiger partial charge in [0.05, 0.1) is 13.2 Å². The third kappa shape index (κ3) is 3.11. The molecular weight excluding hydrogens is 308 g/mol. The molecule has 3 aliphatic heterocycles. The number of nitrogens with one attached hydrogen (secondary N) is 1. The third-order valence-electron chi connectivity index (χ3n) is 3.87. The molecule has 124 valence electrons. The van der Waals surface area contributed by atoms with Crippen LogP contribution in [0.1, 0.15) is 18.7 Å². The molecule has 0 atom stereocenters. The van der Waals surface area contributed by atoms with Crippen molar-refractivity contribution in [3.05, 3.63) is 24.3 Å². The van der Waals surface area contributed by atoms with Gasteiger partial charge in [0.2, 0.25) is 11.9 Å². The van der Waals surface area contributed by atoms with Crippen molar-refractivity contribution in [2.75, 3.05) is 36.5 Å². The summed E-state index contributed by atoms with van der Waals surface area (Å²) in [4.78, 5) is 24.1. The summed E-state index contributed by atoms with van der Waals surface area (Å²) in [7, 11) is 0. The van der Waals surface area contributed by atoms with Crippen molar-refractivity contribution in [3.63, 3.8) is 0 Å². The molecule has 0 aromatic carbocycles. The van der Waals surface area contributed by atoms with Gasteiger partial charge in [0.15, 0.2) is 5.82 Å². The molecule has 1 fully saturated rings. The molecule has 0 radical (unpaired) electrons. The van der Waals surface area contributed by atoms with E-state index in [1.807, 2.05) is 6.08 Å². The van der Waals surface area contributed by atoms with Crippen LogP contribution in [0.15, 0.2) is 28.5 Å². The van der Waals surface area contributed by atoms with Gasteiger partial charge in [-0.2, -0.15) is 15.0 Å². The maximum atomic E-state index is 5.77. The Bertz CT molecular complexity index is 761. The fourth-order valence-corrected chi connectivity index (χ4v) is 2.63. The predicted molar refractivity (Wildman–Crippen MR) is 91.9 cm³/mol. The zero-order valence-corrected chi connectivity index (χ0v) is 13.1. The Labute approximate surface area is 139 Å². The molecule has 3 N–H and O–H groups in total. The van der Waals surface area contributed by atoms with Crippen molar-refractivity contribution in [3.8, 4) is 0 Å². The minimum Gasteiger partial charge on any atom is -0.387 e. The lowest BCUT2D eigenvalue weighted by molar-refractivity contribution is 0.122. The second-order valence-corrected chi connectivity index (χ2v) is 5.62. The first-order valence-electron chi connectivity index (χ1n) is 7.87. The summed E-state index contributed by atoms with van der Waals surface area (Å²) in [5, 5.41) is 3.17. The van der Waals surface area contributed by atoms with E-state index >= 15 is 0 Å². The number of nitrogens with zero attached hydrogens (tertiary/aromatic N) is 6. The molecule has 9 heteroatoms. The van der Waals surface area contributed by atoms with Crippen LogP contribution in [0.3, 0.4) is 0 Å². The highest BCUT2D eigenvalue weighted by Crippen LogP contribution is 2.23. The van der Waals surface area contributed by atoms with Gasteiger partial charge in [-0.05, 0) is 0 Å². The topological polar surface area (TPSA) is 114 Å². The fraction of sp³-hybridized carbons (Fsp3) is 0.400. The molecule has 1 aromatic rings. The van der Waals surface area contributed by atoms with Gasteiger partial charge in [-0.15, -0.1) is 0 Å². The minimum absolute atomic E-state index is 0.482. The van der Waals surface area contributed by atoms with Crippen LogP contribution in [0.4, 0.5) is 11.9 Å². The quantitative estimate of drug-likeness (QED) is 0.833. The average Bonchev–Trinajstić information content (AvgIpc) is 3.27. The number of rotatable bonds is 3. The number of aromatic nitrogens is 3. The van der Waals surface area contributed by atoms with Crippen LogP contribution >= 0.6 is 0 Å². The highest BCUT2D eigenvalue weighted by molar-refractivity contribution is 5.97. The molecule has 24 heavy (non-hydrogen) atoms. The summed E-state index contributed by atoms with van der Waals surface area (Å²) < 4.78 is 5.40. The number of nitrogens with two attached hydrogens (primary N) is 1. The first-order chi connectivity index (χ1) is 11.8. The normalized spacial score (nSPS) is 20.0. The Hall–Kier alpha value is -2.81. The molecule has 4 heterocycles. The van der Waals surface area contributed by atoms with Crippen LogP contribution in [0.5, 0.6) is 0 Å². The molecule has 0 unspecified atom stereocenters. The molecule has 9 nitrogen and oxygen atoms in total. The van der Waals surface area contributed by atoms with Crippen molar-refractivity contribution in [1.82, 2.24) is 15.0 Å². The number of hydrogen-bond acceptors (Lipinski definition) is 9. The molecule has 0 amide bonds. The summed E-state index contributed by atoms with van der Waals surface area (Å²) >= 11 is 0. The molecule has 0 saturated carbocycles. The summed E-state index contributed by atoms with van der Waals surface area (Å²) in [5.41, 5.74) is 6.66. The maximum absolute atomic E-state index is 5.77. The lowest BCUT2D eigenvalue weighted by Crippen LogP contribution is -2.37. The van der Waals surface area contributed by atoms with Gasteiger partial charge < -0.3 is 20.7 Å². The van der Waals surface area contributed by atoms with Crippen LogP contribution in [-0.2, 0) is 4.74 Å². The van der Waals surface area contributed by atoms with E-state index in [4.69, 9.17) is 10.5 Å². The van der Waals surface area contributed by atoms with E-state index in [0.717, 1.165) is 30.9 Å². The molecule has 3 aliphatic rings. The minimum atomic E-state index is 0.482. The maximum Gasteiger partial charge on any atom is 0.233 e. The van der Waals surface area contributed by atoms with Crippen LogP contribution in [0.25, 0.3) is 5.57 Å². The Morgan fingerprint density at radius 2 is 2.00 bits per heavy atom. The molecule has 0 aliphatic carbocycles. The zero-order chi connectivity index (χ0) is 16.4. The lowest BCUT2D eigenvalue weighted by atomic mass is 10.2. The van der Waals surface area contributed by atoms with Gasteiger partial charge in [-0.25, -0.2) is 9.98 Å². The van der Waals surface area contributed by atoms with Gasteiger partial charge in [0, 0.05) is 43.9 Å². The average molecular weight is 326 g/mol. The van der Waals surface area contributed by atoms with E-state index in [9.17, 15) is 0 Å². The van der Waals surface area contributed by atoms with E-state index in [0.29, 0.717) is 43.2 Å². The lowest BCUT2D eigenvalue weighted by Gasteiger charge is -2.27. The molecule has 1 aromatic heterocycles. The second kappa shape index (κ2) is 6.36. The van der Waals surface area contributed by atoms with Gasteiger partial charge in [-0.1, -0.05) is 6.08 Å². The number of amidine groups is 2. The Kier molecular flexibility index (Phi) is 3.91. The largest absolute Gasteiger partial charge is 0.387 e. The van der Waals surface area contributed by atoms with Crippen molar-refractivity contribution >= 4 is 29.1 Å². The zero-order valence-electron chi connectivity index (χ0n) is 13.1. The van der Waals surface area contributed by atoms with Gasteiger partial charge in [-0.3, -0.25) is 0 Å². The highest BCUT2D eigenvalue weighted by Gasteiger charge is 2.20. The number of anilines is 2. The summed E-state index contributed by atoms with van der Waals surface area (Å²) in [6.07, 6.45) is 6.75. The van der Waals surface area contributed by atoms with E-state index < -0.39 is 0 Å². The molecule has 0 bridgehead atoms. The first kappa shape index (κ1) is 14.8. The number of morpholine rings is 1. The van der Waals surface area contributed by atoms with Crippen LogP contribution < -0.4 is 16.0 Å². The standard InChI is InChI=1S/C15H18N8O/c16-11-8-10(9-18-11)13-20-14(19-12-2-1-3-17-12)22-15(21-13)23-4-6-24-7-5-23/h1,3,9H,2,4-8H2,(H2,16,18)(H,17,19,20,21,22). The van der Waals surface area contributed by atoms with E-state index in [2.05, 4.69) is 35.2 Å². The van der Waals surface area contributed by atoms with Crippen molar-refractivity contribution in [1.29, 1.82) is 0 Å². The summed E-state index contributed by atoms with van der Waals surface area (Å²) in [6.45, 7) is 2.84. The molecule has 1 saturated heterocycles. The van der Waals surface area contributed by atoms with Gasteiger partial charge in [0.25, 0.3) is 0 Å². The smallest absolute Gasteiger partial charge is 0.233 e. The number of hydrogen-bond donors (Lipinski definition) is 2. The van der Waals surface area contributed by atoms with Crippen LogP contribution in [0, 0.1) is 0 Å². The van der Waals surface area contributed by atoms with Crippen molar-refractivity contribution in [2.24, 2.45) is 15.7 Å². The van der Waals surface area contributed by atoms with Crippen LogP contribution in [-0.4, -0.2) is 52.9 Å².